The molecular formula is C17H24N2O. The second-order valence-electron chi connectivity index (χ2n) is 6.51. The lowest BCUT2D eigenvalue weighted by Crippen LogP contribution is -2.39. The number of anilines is 1. The molecule has 0 radical (unpaired) electrons. The Hall–Kier alpha value is -1.35. The molecule has 3 unspecified atom stereocenters. The van der Waals surface area contributed by atoms with Crippen LogP contribution >= 0.6 is 0 Å². The van der Waals surface area contributed by atoms with E-state index in [1.54, 1.807) is 0 Å². The standard InChI is InChI=1S/C17H24N2O/c1-11(2)12-5-3-7-14(9-12)19-17(20)16-15-8-4-6-13(15)10-18-16/h3,5,7,9,11,13,15-16,18H,4,6,8,10H2,1-2H3,(H,19,20). The lowest BCUT2D eigenvalue weighted by atomic mass is 9.93. The summed E-state index contributed by atoms with van der Waals surface area (Å²) in [6.45, 7) is 5.35. The quantitative estimate of drug-likeness (QED) is 0.887. The maximum Gasteiger partial charge on any atom is 0.241 e. The van der Waals surface area contributed by atoms with Gasteiger partial charge in [-0.25, -0.2) is 0 Å². The number of benzene rings is 1. The number of carbonyl (C=O) groups is 1. The summed E-state index contributed by atoms with van der Waals surface area (Å²) in [4.78, 5) is 12.5. The number of hydrogen-bond acceptors (Lipinski definition) is 2. The summed E-state index contributed by atoms with van der Waals surface area (Å²) in [5.41, 5.74) is 2.19. The fraction of sp³-hybridized carbons (Fsp3) is 0.588. The van der Waals surface area contributed by atoms with Crippen molar-refractivity contribution in [3.8, 4) is 0 Å². The molecule has 3 heteroatoms. The van der Waals surface area contributed by atoms with Crippen molar-refractivity contribution in [2.24, 2.45) is 11.8 Å². The number of fused-ring (bicyclic) bond motifs is 1. The molecule has 1 aliphatic heterocycles. The average molecular weight is 272 g/mol. The van der Waals surface area contributed by atoms with Gasteiger partial charge >= 0.3 is 0 Å². The van der Waals surface area contributed by atoms with Crippen LogP contribution in [-0.4, -0.2) is 18.5 Å². The number of amides is 1. The van der Waals surface area contributed by atoms with E-state index in [0.29, 0.717) is 17.8 Å². The molecule has 1 aromatic rings. The van der Waals surface area contributed by atoms with Gasteiger partial charge < -0.3 is 10.6 Å². The highest BCUT2D eigenvalue weighted by molar-refractivity contribution is 5.95. The molecule has 3 rings (SSSR count). The predicted molar refractivity (Wildman–Crippen MR) is 81.8 cm³/mol. The highest BCUT2D eigenvalue weighted by Crippen LogP contribution is 2.38. The van der Waals surface area contributed by atoms with Crippen LogP contribution in [0.15, 0.2) is 24.3 Å². The van der Waals surface area contributed by atoms with Crippen LogP contribution in [0.1, 0.15) is 44.6 Å². The minimum atomic E-state index is 0.00482. The largest absolute Gasteiger partial charge is 0.325 e. The SMILES string of the molecule is CC(C)c1cccc(NC(=O)C2NCC3CCCC32)c1. The Balaban J connectivity index is 1.68. The molecule has 0 spiro atoms. The van der Waals surface area contributed by atoms with Gasteiger partial charge in [-0.15, -0.1) is 0 Å². The van der Waals surface area contributed by atoms with Crippen molar-refractivity contribution in [3.05, 3.63) is 29.8 Å². The normalized spacial score (nSPS) is 28.6. The zero-order valence-corrected chi connectivity index (χ0v) is 12.4. The minimum absolute atomic E-state index is 0.00482. The highest BCUT2D eigenvalue weighted by atomic mass is 16.2. The summed E-state index contributed by atoms with van der Waals surface area (Å²) in [6.07, 6.45) is 3.76. The Bertz CT molecular complexity index is 498. The lowest BCUT2D eigenvalue weighted by Gasteiger charge is -2.18. The summed E-state index contributed by atoms with van der Waals surface area (Å²) >= 11 is 0. The lowest BCUT2D eigenvalue weighted by molar-refractivity contribution is -0.118. The van der Waals surface area contributed by atoms with Crippen molar-refractivity contribution < 1.29 is 4.79 Å². The van der Waals surface area contributed by atoms with Gasteiger partial charge in [-0.1, -0.05) is 32.4 Å². The van der Waals surface area contributed by atoms with Gasteiger partial charge in [0.15, 0.2) is 0 Å². The van der Waals surface area contributed by atoms with Crippen LogP contribution in [0.4, 0.5) is 5.69 Å². The van der Waals surface area contributed by atoms with E-state index in [1.165, 1.54) is 24.8 Å². The number of carbonyl (C=O) groups excluding carboxylic acids is 1. The Kier molecular flexibility index (Phi) is 3.79. The van der Waals surface area contributed by atoms with E-state index >= 15 is 0 Å². The smallest absolute Gasteiger partial charge is 0.241 e. The molecule has 108 valence electrons. The van der Waals surface area contributed by atoms with Gasteiger partial charge in [-0.3, -0.25) is 4.79 Å². The Labute approximate surface area is 121 Å². The van der Waals surface area contributed by atoms with Crippen LogP contribution in [0.5, 0.6) is 0 Å². The molecule has 1 aliphatic carbocycles. The number of rotatable bonds is 3. The molecule has 1 saturated heterocycles. The second-order valence-corrected chi connectivity index (χ2v) is 6.51. The molecule has 0 aromatic heterocycles. The first-order chi connectivity index (χ1) is 9.65. The van der Waals surface area contributed by atoms with Crippen molar-refractivity contribution in [3.63, 3.8) is 0 Å². The zero-order chi connectivity index (χ0) is 14.1. The van der Waals surface area contributed by atoms with Gasteiger partial charge in [-0.2, -0.15) is 0 Å². The molecule has 3 nitrogen and oxygen atoms in total. The Morgan fingerprint density at radius 1 is 1.35 bits per heavy atom. The maximum absolute atomic E-state index is 12.5. The minimum Gasteiger partial charge on any atom is -0.325 e. The van der Waals surface area contributed by atoms with E-state index in [1.807, 2.05) is 12.1 Å². The van der Waals surface area contributed by atoms with Crippen molar-refractivity contribution in [1.29, 1.82) is 0 Å². The van der Waals surface area contributed by atoms with Crippen molar-refractivity contribution in [2.75, 3.05) is 11.9 Å². The molecule has 1 saturated carbocycles. The van der Waals surface area contributed by atoms with Crippen molar-refractivity contribution in [2.45, 2.75) is 45.1 Å². The van der Waals surface area contributed by atoms with Crippen molar-refractivity contribution in [1.82, 2.24) is 5.32 Å². The summed E-state index contributed by atoms with van der Waals surface area (Å²) in [6, 6.07) is 8.20. The molecule has 0 bridgehead atoms. The van der Waals surface area contributed by atoms with Gasteiger partial charge in [-0.05, 0) is 54.8 Å². The molecule has 1 heterocycles. The zero-order valence-electron chi connectivity index (χ0n) is 12.4. The fourth-order valence-electron chi connectivity index (χ4n) is 3.67. The maximum atomic E-state index is 12.5. The van der Waals surface area contributed by atoms with Gasteiger partial charge in [0.2, 0.25) is 5.91 Å². The van der Waals surface area contributed by atoms with E-state index < -0.39 is 0 Å². The van der Waals surface area contributed by atoms with Crippen LogP contribution in [0.2, 0.25) is 0 Å². The third-order valence-corrected chi connectivity index (χ3v) is 4.85. The summed E-state index contributed by atoms with van der Waals surface area (Å²) in [5.74, 6) is 1.88. The number of hydrogen-bond donors (Lipinski definition) is 2. The molecular weight excluding hydrogens is 248 g/mol. The fourth-order valence-corrected chi connectivity index (χ4v) is 3.67. The Morgan fingerprint density at radius 3 is 3.00 bits per heavy atom. The Morgan fingerprint density at radius 2 is 2.20 bits per heavy atom. The monoisotopic (exact) mass is 272 g/mol. The molecule has 3 atom stereocenters. The van der Waals surface area contributed by atoms with Gasteiger partial charge in [0.25, 0.3) is 0 Å². The van der Waals surface area contributed by atoms with Crippen LogP contribution in [-0.2, 0) is 4.79 Å². The van der Waals surface area contributed by atoms with Crippen LogP contribution < -0.4 is 10.6 Å². The third-order valence-electron chi connectivity index (χ3n) is 4.85. The first kappa shape index (κ1) is 13.6. The van der Waals surface area contributed by atoms with E-state index in [-0.39, 0.29) is 11.9 Å². The highest BCUT2D eigenvalue weighted by Gasteiger charge is 2.42. The first-order valence-corrected chi connectivity index (χ1v) is 7.79. The third kappa shape index (κ3) is 2.59. The average Bonchev–Trinajstić information content (AvgIpc) is 3.00. The first-order valence-electron chi connectivity index (χ1n) is 7.79. The van der Waals surface area contributed by atoms with Gasteiger partial charge in [0, 0.05) is 5.69 Å². The summed E-state index contributed by atoms with van der Waals surface area (Å²) in [5, 5.41) is 6.49. The van der Waals surface area contributed by atoms with Crippen LogP contribution in [0, 0.1) is 11.8 Å². The second kappa shape index (κ2) is 5.57. The summed E-state index contributed by atoms with van der Waals surface area (Å²) < 4.78 is 0. The van der Waals surface area contributed by atoms with E-state index in [2.05, 4.69) is 36.6 Å². The van der Waals surface area contributed by atoms with Crippen LogP contribution in [0.25, 0.3) is 0 Å². The molecule has 2 aliphatic rings. The van der Waals surface area contributed by atoms with Crippen LogP contribution in [0.3, 0.4) is 0 Å². The van der Waals surface area contributed by atoms with Gasteiger partial charge in [0.1, 0.15) is 0 Å². The summed E-state index contributed by atoms with van der Waals surface area (Å²) in [7, 11) is 0. The van der Waals surface area contributed by atoms with Gasteiger partial charge in [0.05, 0.1) is 6.04 Å². The molecule has 2 fully saturated rings. The van der Waals surface area contributed by atoms with E-state index in [4.69, 9.17) is 0 Å². The van der Waals surface area contributed by atoms with Crippen molar-refractivity contribution >= 4 is 11.6 Å². The molecule has 2 N–H and O–H groups in total. The topological polar surface area (TPSA) is 41.1 Å². The molecule has 1 aromatic carbocycles. The van der Waals surface area contributed by atoms with E-state index in [9.17, 15) is 4.79 Å². The molecule has 1 amide bonds. The van der Waals surface area contributed by atoms with E-state index in [0.717, 1.165) is 12.2 Å². The molecule has 20 heavy (non-hydrogen) atoms. The predicted octanol–water partition coefficient (Wildman–Crippen LogP) is 3.14. The number of nitrogens with one attached hydrogen (secondary N) is 2.